The van der Waals surface area contributed by atoms with Crippen LogP contribution in [0.3, 0.4) is 0 Å². The Balaban J connectivity index is 0. The van der Waals surface area contributed by atoms with Crippen molar-refractivity contribution >= 4 is 14.8 Å². The lowest BCUT2D eigenvalue weighted by atomic mass is 10.5. The summed E-state index contributed by atoms with van der Waals surface area (Å²) in [7, 11) is 2.19. The molecule has 0 unspecified atom stereocenters. The number of amides is 2. The normalized spacial score (nSPS) is 10.6. The average molecular weight is 234 g/mol. The maximum absolute atomic E-state index is 10.4. The first-order valence-corrected chi connectivity index (χ1v) is 6.22. The highest BCUT2D eigenvalue weighted by Crippen LogP contribution is 2.13. The van der Waals surface area contributed by atoms with Crippen molar-refractivity contribution in [1.29, 1.82) is 0 Å². The van der Waals surface area contributed by atoms with Gasteiger partial charge in [0.1, 0.15) is 0 Å². The van der Waals surface area contributed by atoms with Gasteiger partial charge in [0.25, 0.3) is 0 Å². The molecule has 88 valence electrons. The third-order valence-corrected chi connectivity index (χ3v) is 4.72. The minimum absolute atomic E-state index is 0. The van der Waals surface area contributed by atoms with Crippen molar-refractivity contribution in [3.63, 3.8) is 0 Å². The van der Waals surface area contributed by atoms with Crippen molar-refractivity contribution < 1.29 is 18.1 Å². The molecule has 3 N–H and O–H groups in total. The zero-order valence-electron chi connectivity index (χ0n) is 9.33. The van der Waals surface area contributed by atoms with Gasteiger partial charge in [-0.3, -0.25) is 0 Å². The minimum atomic E-state index is -2.48. The summed E-state index contributed by atoms with van der Waals surface area (Å²) in [6.45, 7) is 0.500. The number of nitrogens with two attached hydrogens (primary N) is 1. The van der Waals surface area contributed by atoms with Gasteiger partial charge in [-0.05, 0) is 6.42 Å². The highest BCUT2D eigenvalue weighted by Gasteiger charge is 2.36. The Morgan fingerprint density at radius 3 is 2.07 bits per heavy atom. The van der Waals surface area contributed by atoms with Gasteiger partial charge in [0.15, 0.2) is 0 Å². The van der Waals surface area contributed by atoms with Gasteiger partial charge in [-0.15, -0.1) is 0 Å². The van der Waals surface area contributed by atoms with Crippen molar-refractivity contribution in [1.82, 2.24) is 5.32 Å². The molecule has 2 amide bonds. The molecule has 7 heteroatoms. The van der Waals surface area contributed by atoms with Crippen LogP contribution in [0.25, 0.3) is 0 Å². The summed E-state index contributed by atoms with van der Waals surface area (Å²) >= 11 is 0. The molecular weight excluding hydrogens is 216 g/mol. The number of urea groups is 1. The fraction of sp³-hybridized carbons (Fsp3) is 0.750. The summed E-state index contributed by atoms with van der Waals surface area (Å²) in [5.74, 6) is 0. The van der Waals surface area contributed by atoms with Gasteiger partial charge < -0.3 is 24.3 Å². The molecule has 0 atom stereocenters. The number of rotatable bonds is 7. The Hall–Kier alpha value is -0.633. The molecule has 0 aliphatic rings. The molecule has 15 heavy (non-hydrogen) atoms. The Labute approximate surface area is 92.4 Å². The molecule has 0 aromatic carbocycles. The molecule has 0 aromatic rings. The molecule has 0 fully saturated rings. The van der Waals surface area contributed by atoms with Crippen LogP contribution in [0.1, 0.15) is 6.42 Å². The van der Waals surface area contributed by atoms with Gasteiger partial charge in [-0.2, -0.15) is 0 Å². The standard InChI is InChI=1S/C7H18N2O4Si.C/c1-11-14(12-2,13-3)6-4-5-9-7(8)10;/h4-6H2,1-3H3,(H3,8,9,10);. The lowest BCUT2D eigenvalue weighted by molar-refractivity contribution is 0.123. The number of primary amides is 1. The van der Waals surface area contributed by atoms with Crippen molar-refractivity contribution in [2.24, 2.45) is 5.73 Å². The molecule has 0 aliphatic heterocycles. The molecule has 0 rings (SSSR count). The maximum atomic E-state index is 10.4. The number of carbonyl (C=O) groups excluding carboxylic acids is 1. The third kappa shape index (κ3) is 6.45. The van der Waals surface area contributed by atoms with E-state index in [0.717, 1.165) is 0 Å². The molecule has 6 nitrogen and oxygen atoms in total. The van der Waals surface area contributed by atoms with Gasteiger partial charge >= 0.3 is 14.8 Å². The van der Waals surface area contributed by atoms with E-state index in [2.05, 4.69) is 5.32 Å². The minimum Gasteiger partial charge on any atom is -0.377 e. The second-order valence-corrected chi connectivity index (χ2v) is 5.78. The van der Waals surface area contributed by atoms with Gasteiger partial charge in [-0.25, -0.2) is 4.79 Å². The second kappa shape index (κ2) is 8.66. The second-order valence-electron chi connectivity index (χ2n) is 2.69. The number of carbonyl (C=O) groups is 1. The molecule has 0 heterocycles. The summed E-state index contributed by atoms with van der Waals surface area (Å²) in [6, 6.07) is 0.126. The van der Waals surface area contributed by atoms with Crippen LogP contribution in [0.15, 0.2) is 0 Å². The summed E-state index contributed by atoms with van der Waals surface area (Å²) < 4.78 is 15.6. The first-order valence-electron chi connectivity index (χ1n) is 4.29. The Morgan fingerprint density at radius 2 is 1.73 bits per heavy atom. The van der Waals surface area contributed by atoms with E-state index in [1.807, 2.05) is 0 Å². The number of hydrogen-bond acceptors (Lipinski definition) is 4. The molecular formula is C8H18N2O4Si. The molecule has 4 radical (unpaired) electrons. The molecule has 0 aromatic heterocycles. The summed E-state index contributed by atoms with van der Waals surface area (Å²) in [6.07, 6.45) is 0.713. The van der Waals surface area contributed by atoms with Gasteiger partial charge in [-0.1, -0.05) is 0 Å². The van der Waals surface area contributed by atoms with Crippen LogP contribution in [0.4, 0.5) is 4.79 Å². The SMILES string of the molecule is CO[Si](CCCNC(N)=O)(OC)OC.[C]. The average Bonchev–Trinajstić information content (AvgIpc) is 2.19. The Morgan fingerprint density at radius 1 is 1.27 bits per heavy atom. The fourth-order valence-corrected chi connectivity index (χ4v) is 2.79. The Bertz CT molecular complexity index is 168. The summed E-state index contributed by atoms with van der Waals surface area (Å²) in [5.41, 5.74) is 4.91. The molecule has 0 spiro atoms. The zero-order chi connectivity index (χ0) is 11.0. The van der Waals surface area contributed by atoms with Gasteiger partial charge in [0.2, 0.25) is 0 Å². The van der Waals surface area contributed by atoms with E-state index in [9.17, 15) is 4.79 Å². The topological polar surface area (TPSA) is 82.8 Å². The van der Waals surface area contributed by atoms with Crippen LogP contribution in [0, 0.1) is 7.43 Å². The van der Waals surface area contributed by atoms with Crippen LogP contribution >= 0.6 is 0 Å². The van der Waals surface area contributed by atoms with E-state index >= 15 is 0 Å². The largest absolute Gasteiger partial charge is 0.500 e. The van der Waals surface area contributed by atoms with Crippen molar-refractivity contribution in [2.45, 2.75) is 12.5 Å². The van der Waals surface area contributed by atoms with Crippen LogP contribution in [-0.2, 0) is 13.3 Å². The quantitative estimate of drug-likeness (QED) is 0.480. The van der Waals surface area contributed by atoms with E-state index in [4.69, 9.17) is 19.0 Å². The van der Waals surface area contributed by atoms with E-state index in [1.54, 1.807) is 21.3 Å². The summed E-state index contributed by atoms with van der Waals surface area (Å²) in [5, 5.41) is 2.48. The highest BCUT2D eigenvalue weighted by atomic mass is 28.4. The summed E-state index contributed by atoms with van der Waals surface area (Å²) in [4.78, 5) is 10.4. The monoisotopic (exact) mass is 234 g/mol. The van der Waals surface area contributed by atoms with Crippen LogP contribution in [-0.4, -0.2) is 42.7 Å². The molecule has 0 bridgehead atoms. The third-order valence-electron chi connectivity index (χ3n) is 1.89. The Kier molecular flexibility index (Phi) is 9.69. The lowest BCUT2D eigenvalue weighted by Crippen LogP contribution is -2.43. The first-order chi connectivity index (χ1) is 6.60. The first kappa shape index (κ1) is 16.8. The van der Waals surface area contributed by atoms with Crippen LogP contribution in [0.5, 0.6) is 0 Å². The van der Waals surface area contributed by atoms with Crippen LogP contribution in [0.2, 0.25) is 6.04 Å². The van der Waals surface area contributed by atoms with Crippen molar-refractivity contribution in [2.75, 3.05) is 27.9 Å². The molecule has 0 aliphatic carbocycles. The predicted octanol–water partition coefficient (Wildman–Crippen LogP) is 0.00419. The van der Waals surface area contributed by atoms with Crippen molar-refractivity contribution in [3.05, 3.63) is 7.43 Å². The van der Waals surface area contributed by atoms with Gasteiger partial charge in [0.05, 0.1) is 0 Å². The predicted molar refractivity (Wildman–Crippen MR) is 57.0 cm³/mol. The van der Waals surface area contributed by atoms with Gasteiger partial charge in [0, 0.05) is 41.3 Å². The fourth-order valence-electron chi connectivity index (χ4n) is 1.07. The maximum Gasteiger partial charge on any atom is 0.500 e. The van der Waals surface area contributed by atoms with E-state index in [1.165, 1.54) is 0 Å². The molecule has 0 saturated carbocycles. The van der Waals surface area contributed by atoms with E-state index in [-0.39, 0.29) is 7.43 Å². The van der Waals surface area contributed by atoms with E-state index < -0.39 is 14.8 Å². The lowest BCUT2D eigenvalue weighted by Gasteiger charge is -2.24. The number of nitrogens with one attached hydrogen (secondary N) is 1. The smallest absolute Gasteiger partial charge is 0.377 e. The highest BCUT2D eigenvalue weighted by molar-refractivity contribution is 6.60. The zero-order valence-corrected chi connectivity index (χ0v) is 10.3. The van der Waals surface area contributed by atoms with E-state index in [0.29, 0.717) is 19.0 Å². The number of hydrogen-bond donors (Lipinski definition) is 2. The van der Waals surface area contributed by atoms with Crippen LogP contribution < -0.4 is 11.1 Å². The molecule has 0 saturated heterocycles. The van der Waals surface area contributed by atoms with Crippen molar-refractivity contribution in [3.8, 4) is 0 Å².